The van der Waals surface area contributed by atoms with Crippen LogP contribution in [0.1, 0.15) is 34.9 Å². The molecule has 5 rings (SSSR count). The van der Waals surface area contributed by atoms with E-state index in [2.05, 4.69) is 61.7 Å². The minimum Gasteiger partial charge on any atom is -0.492 e. The molecule has 0 radical (unpaired) electrons. The van der Waals surface area contributed by atoms with Crippen LogP contribution >= 0.6 is 0 Å². The summed E-state index contributed by atoms with van der Waals surface area (Å²) in [5.41, 5.74) is 6.54. The molecule has 1 aliphatic rings. The van der Waals surface area contributed by atoms with Gasteiger partial charge in [0.1, 0.15) is 18.2 Å². The van der Waals surface area contributed by atoms with Crippen molar-refractivity contribution >= 4 is 22.6 Å². The van der Waals surface area contributed by atoms with Crippen LogP contribution in [0.2, 0.25) is 0 Å². The zero-order chi connectivity index (χ0) is 22.9. The third kappa shape index (κ3) is 4.23. The van der Waals surface area contributed by atoms with E-state index < -0.39 is 0 Å². The third-order valence-electron chi connectivity index (χ3n) is 6.43. The monoisotopic (exact) mass is 439 g/mol. The van der Waals surface area contributed by atoms with Crippen molar-refractivity contribution in [1.82, 2.24) is 9.55 Å². The summed E-state index contributed by atoms with van der Waals surface area (Å²) in [5.74, 6) is 2.03. The predicted octanol–water partition coefficient (Wildman–Crippen LogP) is 5.56. The molecular weight excluding hydrogens is 410 g/mol. The van der Waals surface area contributed by atoms with E-state index in [0.717, 1.165) is 39.4 Å². The fourth-order valence-corrected chi connectivity index (χ4v) is 4.65. The molecule has 1 fully saturated rings. The highest BCUT2D eigenvalue weighted by molar-refractivity contribution is 5.97. The molecule has 1 atom stereocenters. The molecule has 4 aromatic rings. The van der Waals surface area contributed by atoms with Gasteiger partial charge in [-0.15, -0.1) is 0 Å². The molecule has 1 aromatic heterocycles. The van der Waals surface area contributed by atoms with E-state index >= 15 is 0 Å². The number of amides is 1. The summed E-state index contributed by atoms with van der Waals surface area (Å²) in [7, 11) is 0. The normalized spacial score (nSPS) is 16.0. The van der Waals surface area contributed by atoms with Crippen molar-refractivity contribution in [3.05, 3.63) is 89.2 Å². The minimum absolute atomic E-state index is 0.0455. The molecule has 1 saturated heterocycles. The maximum Gasteiger partial charge on any atom is 0.227 e. The smallest absolute Gasteiger partial charge is 0.227 e. The molecule has 5 nitrogen and oxygen atoms in total. The summed E-state index contributed by atoms with van der Waals surface area (Å²) in [6, 6.07) is 22.6. The molecular formula is C28H29N3O2. The molecule has 3 aromatic carbocycles. The van der Waals surface area contributed by atoms with Crippen LogP contribution in [-0.4, -0.2) is 28.6 Å². The second-order valence-electron chi connectivity index (χ2n) is 8.97. The first kappa shape index (κ1) is 21.3. The standard InChI is InChI=1S/C28H29N3O2/c1-19-9-12-23(13-10-19)33-15-14-30-25-7-5-4-6-24(25)29-28(30)22-17-27(32)31(18-22)26-16-20(2)8-11-21(26)3/h4-13,16,22H,14-15,17-18H2,1-3H3/t22-/m1/s1. The number of aryl methyl sites for hydroxylation is 3. The number of hydrogen-bond donors (Lipinski definition) is 0. The lowest BCUT2D eigenvalue weighted by atomic mass is 10.1. The van der Waals surface area contributed by atoms with Gasteiger partial charge in [0.2, 0.25) is 5.91 Å². The van der Waals surface area contributed by atoms with Crippen molar-refractivity contribution in [2.24, 2.45) is 0 Å². The van der Waals surface area contributed by atoms with E-state index in [1.165, 1.54) is 5.56 Å². The van der Waals surface area contributed by atoms with Crippen LogP contribution in [0, 0.1) is 20.8 Å². The topological polar surface area (TPSA) is 47.4 Å². The number of benzene rings is 3. The van der Waals surface area contributed by atoms with Gasteiger partial charge >= 0.3 is 0 Å². The maximum atomic E-state index is 13.0. The number of nitrogens with zero attached hydrogens (tertiary/aromatic N) is 3. The van der Waals surface area contributed by atoms with Crippen LogP contribution in [0.25, 0.3) is 11.0 Å². The molecule has 1 aliphatic heterocycles. The van der Waals surface area contributed by atoms with E-state index in [0.29, 0.717) is 26.1 Å². The van der Waals surface area contributed by atoms with Crippen LogP contribution in [0.4, 0.5) is 5.69 Å². The van der Waals surface area contributed by atoms with Gasteiger partial charge in [-0.05, 0) is 62.2 Å². The fourth-order valence-electron chi connectivity index (χ4n) is 4.65. The van der Waals surface area contributed by atoms with Crippen LogP contribution in [0.5, 0.6) is 5.75 Å². The van der Waals surface area contributed by atoms with E-state index in [1.807, 2.05) is 35.2 Å². The molecule has 0 aliphatic carbocycles. The second kappa shape index (κ2) is 8.74. The number of carbonyl (C=O) groups is 1. The summed E-state index contributed by atoms with van der Waals surface area (Å²) in [5, 5.41) is 0. The molecule has 0 unspecified atom stereocenters. The molecule has 0 saturated carbocycles. The molecule has 0 bridgehead atoms. The highest BCUT2D eigenvalue weighted by Crippen LogP contribution is 2.34. The van der Waals surface area contributed by atoms with E-state index in [1.54, 1.807) is 0 Å². The average Bonchev–Trinajstić information content (AvgIpc) is 3.37. The van der Waals surface area contributed by atoms with Gasteiger partial charge in [-0.25, -0.2) is 4.98 Å². The van der Waals surface area contributed by atoms with Crippen molar-refractivity contribution < 1.29 is 9.53 Å². The number of ether oxygens (including phenoxy) is 1. The number of anilines is 1. The van der Waals surface area contributed by atoms with Crippen LogP contribution in [-0.2, 0) is 11.3 Å². The Hall–Kier alpha value is -3.60. The molecule has 2 heterocycles. The van der Waals surface area contributed by atoms with Gasteiger partial charge in [0.15, 0.2) is 0 Å². The summed E-state index contributed by atoms with van der Waals surface area (Å²) < 4.78 is 8.25. The zero-order valence-electron chi connectivity index (χ0n) is 19.4. The summed E-state index contributed by atoms with van der Waals surface area (Å²) in [4.78, 5) is 19.9. The van der Waals surface area contributed by atoms with Crippen LogP contribution in [0.15, 0.2) is 66.7 Å². The summed E-state index contributed by atoms with van der Waals surface area (Å²) >= 11 is 0. The Bertz CT molecular complexity index is 1310. The number of hydrogen-bond acceptors (Lipinski definition) is 3. The van der Waals surface area contributed by atoms with E-state index in [9.17, 15) is 4.79 Å². The lowest BCUT2D eigenvalue weighted by molar-refractivity contribution is -0.117. The molecule has 0 spiro atoms. The predicted molar refractivity (Wildman–Crippen MR) is 132 cm³/mol. The number of fused-ring (bicyclic) bond motifs is 1. The van der Waals surface area contributed by atoms with Crippen molar-refractivity contribution in [1.29, 1.82) is 0 Å². The van der Waals surface area contributed by atoms with Crippen LogP contribution in [0.3, 0.4) is 0 Å². The van der Waals surface area contributed by atoms with Crippen molar-refractivity contribution in [3.63, 3.8) is 0 Å². The number of aromatic nitrogens is 2. The Morgan fingerprint density at radius 3 is 2.55 bits per heavy atom. The number of carbonyl (C=O) groups excluding carboxylic acids is 1. The minimum atomic E-state index is 0.0455. The number of rotatable bonds is 6. The SMILES string of the molecule is Cc1ccc(OCCn2c([C@@H]3CC(=O)N(c4cc(C)ccc4C)C3)nc3ccccc32)cc1. The van der Waals surface area contributed by atoms with Gasteiger partial charge in [0.05, 0.1) is 17.6 Å². The lowest BCUT2D eigenvalue weighted by Crippen LogP contribution is -2.25. The summed E-state index contributed by atoms with van der Waals surface area (Å²) in [6.45, 7) is 8.06. The van der Waals surface area contributed by atoms with E-state index in [4.69, 9.17) is 9.72 Å². The van der Waals surface area contributed by atoms with Crippen LogP contribution < -0.4 is 9.64 Å². The number of para-hydroxylation sites is 2. The molecule has 5 heteroatoms. The molecule has 1 amide bonds. The number of imidazole rings is 1. The van der Waals surface area contributed by atoms with Gasteiger partial charge in [0.25, 0.3) is 0 Å². The molecule has 168 valence electrons. The van der Waals surface area contributed by atoms with Crippen molar-refractivity contribution in [3.8, 4) is 5.75 Å². The van der Waals surface area contributed by atoms with Crippen molar-refractivity contribution in [2.45, 2.75) is 39.7 Å². The third-order valence-corrected chi connectivity index (χ3v) is 6.43. The quantitative estimate of drug-likeness (QED) is 0.395. The van der Waals surface area contributed by atoms with Gasteiger partial charge < -0.3 is 14.2 Å². The summed E-state index contributed by atoms with van der Waals surface area (Å²) in [6.07, 6.45) is 0.468. The van der Waals surface area contributed by atoms with Gasteiger partial charge in [0, 0.05) is 24.6 Å². The molecule has 0 N–H and O–H groups in total. The fraction of sp³-hybridized carbons (Fsp3) is 0.286. The van der Waals surface area contributed by atoms with Gasteiger partial charge in [-0.2, -0.15) is 0 Å². The zero-order valence-corrected chi connectivity index (χ0v) is 19.4. The first-order chi connectivity index (χ1) is 16.0. The van der Waals surface area contributed by atoms with Gasteiger partial charge in [-0.1, -0.05) is 42.0 Å². The van der Waals surface area contributed by atoms with Gasteiger partial charge in [-0.3, -0.25) is 4.79 Å². The average molecular weight is 440 g/mol. The highest BCUT2D eigenvalue weighted by atomic mass is 16.5. The Balaban J connectivity index is 1.41. The Labute approximate surface area is 194 Å². The Morgan fingerprint density at radius 2 is 1.73 bits per heavy atom. The Kier molecular flexibility index (Phi) is 5.63. The van der Waals surface area contributed by atoms with Crippen molar-refractivity contribution in [2.75, 3.05) is 18.1 Å². The first-order valence-electron chi connectivity index (χ1n) is 11.5. The largest absolute Gasteiger partial charge is 0.492 e. The molecule has 33 heavy (non-hydrogen) atoms. The Morgan fingerprint density at radius 1 is 0.970 bits per heavy atom. The lowest BCUT2D eigenvalue weighted by Gasteiger charge is -2.20. The first-order valence-corrected chi connectivity index (χ1v) is 11.5. The maximum absolute atomic E-state index is 13.0. The highest BCUT2D eigenvalue weighted by Gasteiger charge is 2.35. The van der Waals surface area contributed by atoms with E-state index in [-0.39, 0.29) is 11.8 Å². The second-order valence-corrected chi connectivity index (χ2v) is 8.97.